The van der Waals surface area contributed by atoms with Gasteiger partial charge >= 0.3 is 0 Å². The number of hydrogen-bond donors (Lipinski definition) is 2. The van der Waals surface area contributed by atoms with E-state index in [1.54, 1.807) is 11.8 Å². The zero-order chi connectivity index (χ0) is 21.4. The quantitative estimate of drug-likeness (QED) is 0.133. The molecule has 0 spiro atoms. The highest BCUT2D eigenvalue weighted by Gasteiger charge is 2.43. The van der Waals surface area contributed by atoms with Gasteiger partial charge in [0.25, 0.3) is 0 Å². The summed E-state index contributed by atoms with van der Waals surface area (Å²) in [5, 5.41) is 16.7. The van der Waals surface area contributed by atoms with E-state index in [2.05, 4.69) is 80.8 Å². The van der Waals surface area contributed by atoms with Crippen LogP contribution >= 0.6 is 47.5 Å². The van der Waals surface area contributed by atoms with Crippen LogP contribution in [0.1, 0.15) is 38.9 Å². The van der Waals surface area contributed by atoms with Crippen molar-refractivity contribution in [2.45, 2.75) is 60.9 Å². The molecule has 2 N–H and O–H groups in total. The van der Waals surface area contributed by atoms with E-state index in [1.807, 2.05) is 18.8 Å². The highest BCUT2D eigenvalue weighted by molar-refractivity contribution is 14.0. The molecule has 2 aromatic rings. The zero-order valence-corrected chi connectivity index (χ0v) is 22.9. The predicted octanol–water partition coefficient (Wildman–Crippen LogP) is 4.70. The van der Waals surface area contributed by atoms with Crippen LogP contribution in [0.25, 0.3) is 0 Å². The minimum Gasteiger partial charge on any atom is -0.356 e. The first-order chi connectivity index (χ1) is 14.5. The number of hydrogen-bond acceptors (Lipinski definition) is 5. The van der Waals surface area contributed by atoms with Gasteiger partial charge in [-0.2, -0.15) is 0 Å². The molecule has 0 amide bonds. The van der Waals surface area contributed by atoms with Gasteiger partial charge in [-0.25, -0.2) is 0 Å². The molecule has 1 saturated carbocycles. The molecule has 172 valence electrons. The van der Waals surface area contributed by atoms with Gasteiger partial charge in [-0.15, -0.1) is 45.9 Å². The Hall–Kier alpha value is -0.940. The number of guanidine groups is 1. The van der Waals surface area contributed by atoms with Crippen molar-refractivity contribution in [3.05, 3.63) is 36.2 Å². The van der Waals surface area contributed by atoms with Crippen LogP contribution in [0, 0.1) is 5.92 Å². The van der Waals surface area contributed by atoms with Gasteiger partial charge in [-0.3, -0.25) is 4.99 Å². The largest absolute Gasteiger partial charge is 0.356 e. The summed E-state index contributed by atoms with van der Waals surface area (Å²) in [5.41, 5.74) is 0. The number of benzene rings is 1. The van der Waals surface area contributed by atoms with Crippen LogP contribution in [0.2, 0.25) is 0 Å². The topological polar surface area (TPSA) is 67.1 Å². The van der Waals surface area contributed by atoms with E-state index in [1.165, 1.54) is 17.7 Å². The first-order valence-corrected chi connectivity index (χ1v) is 12.7. The number of halogens is 1. The van der Waals surface area contributed by atoms with Gasteiger partial charge in [0.15, 0.2) is 11.1 Å². The first-order valence-electron chi connectivity index (χ1n) is 10.7. The van der Waals surface area contributed by atoms with Crippen molar-refractivity contribution in [2.24, 2.45) is 10.9 Å². The van der Waals surface area contributed by atoms with Crippen LogP contribution in [0.15, 0.2) is 45.4 Å². The van der Waals surface area contributed by atoms with Crippen molar-refractivity contribution in [1.29, 1.82) is 0 Å². The maximum Gasteiger partial charge on any atom is 0.191 e. The molecule has 1 aromatic carbocycles. The second kappa shape index (κ2) is 12.9. The van der Waals surface area contributed by atoms with Gasteiger partial charge in [0.1, 0.15) is 5.82 Å². The molecule has 0 saturated heterocycles. The molecule has 1 aliphatic carbocycles. The van der Waals surface area contributed by atoms with Gasteiger partial charge < -0.3 is 15.2 Å². The summed E-state index contributed by atoms with van der Waals surface area (Å²) in [4.78, 5) is 5.74. The standard InChI is InChI=1S/C22H34N6S2.HI/c1-17(2)15-28-19(26-27-21(28)29-4)11-8-14-24-20(23-3)25-16-22(12-13-22)30-18-9-6-5-7-10-18;/h5-7,9-10,17H,8,11-16H2,1-4H3,(H2,23,24,25);1H. The number of rotatable bonds is 11. The maximum absolute atomic E-state index is 4.41. The SMILES string of the molecule is CN=C(NCCCc1nnc(SC)n1CC(C)C)NCC1(Sc2ccccc2)CC1.I. The molecular formula is C22H35IN6S2. The normalized spacial score (nSPS) is 14.9. The molecule has 1 aliphatic rings. The van der Waals surface area contributed by atoms with Gasteiger partial charge in [-0.1, -0.05) is 43.8 Å². The number of nitrogens with zero attached hydrogens (tertiary/aromatic N) is 4. The van der Waals surface area contributed by atoms with E-state index >= 15 is 0 Å². The highest BCUT2D eigenvalue weighted by atomic mass is 127. The monoisotopic (exact) mass is 574 g/mol. The Morgan fingerprint density at radius 2 is 1.94 bits per heavy atom. The van der Waals surface area contributed by atoms with E-state index in [9.17, 15) is 0 Å². The summed E-state index contributed by atoms with van der Waals surface area (Å²) in [6, 6.07) is 10.7. The molecule has 6 nitrogen and oxygen atoms in total. The third-order valence-corrected chi connectivity index (χ3v) is 7.24. The highest BCUT2D eigenvalue weighted by Crippen LogP contribution is 2.51. The number of aliphatic imine (C=N–C) groups is 1. The molecular weight excluding hydrogens is 539 g/mol. The Labute approximate surface area is 212 Å². The van der Waals surface area contributed by atoms with E-state index in [-0.39, 0.29) is 24.0 Å². The Kier molecular flexibility index (Phi) is 11.0. The number of aryl methyl sites for hydroxylation is 1. The minimum atomic E-state index is 0. The van der Waals surface area contributed by atoms with Crippen LogP contribution in [0.4, 0.5) is 0 Å². The van der Waals surface area contributed by atoms with Crippen LogP contribution < -0.4 is 10.6 Å². The Morgan fingerprint density at radius 1 is 1.19 bits per heavy atom. The minimum absolute atomic E-state index is 0. The summed E-state index contributed by atoms with van der Waals surface area (Å²) < 4.78 is 2.57. The van der Waals surface area contributed by atoms with Gasteiger partial charge in [0, 0.05) is 42.7 Å². The average Bonchev–Trinajstić information content (AvgIpc) is 3.40. The van der Waals surface area contributed by atoms with Crippen molar-refractivity contribution < 1.29 is 0 Å². The predicted molar refractivity (Wildman–Crippen MR) is 144 cm³/mol. The Morgan fingerprint density at radius 3 is 2.55 bits per heavy atom. The van der Waals surface area contributed by atoms with Crippen molar-refractivity contribution in [3.8, 4) is 0 Å². The number of nitrogens with one attached hydrogen (secondary N) is 2. The molecule has 1 heterocycles. The van der Waals surface area contributed by atoms with Crippen molar-refractivity contribution in [2.75, 3.05) is 26.4 Å². The fourth-order valence-electron chi connectivity index (χ4n) is 3.32. The summed E-state index contributed by atoms with van der Waals surface area (Å²) in [6.45, 7) is 7.23. The fraction of sp³-hybridized carbons (Fsp3) is 0.591. The van der Waals surface area contributed by atoms with Crippen molar-refractivity contribution in [1.82, 2.24) is 25.4 Å². The van der Waals surface area contributed by atoms with Gasteiger partial charge in [-0.05, 0) is 43.6 Å². The Balaban J connectivity index is 0.00000341. The smallest absolute Gasteiger partial charge is 0.191 e. The van der Waals surface area contributed by atoms with Gasteiger partial charge in [0.2, 0.25) is 0 Å². The van der Waals surface area contributed by atoms with Crippen LogP contribution in [-0.2, 0) is 13.0 Å². The lowest BCUT2D eigenvalue weighted by Crippen LogP contribution is -2.41. The third kappa shape index (κ3) is 8.16. The van der Waals surface area contributed by atoms with E-state index in [4.69, 9.17) is 0 Å². The molecule has 9 heteroatoms. The fourth-order valence-corrected chi connectivity index (χ4v) is 5.08. The summed E-state index contributed by atoms with van der Waals surface area (Å²) in [7, 11) is 1.84. The molecule has 1 fully saturated rings. The summed E-state index contributed by atoms with van der Waals surface area (Å²) in [6.07, 6.45) is 6.47. The zero-order valence-electron chi connectivity index (χ0n) is 18.9. The molecule has 0 radical (unpaired) electrons. The van der Waals surface area contributed by atoms with Crippen LogP contribution in [0.3, 0.4) is 0 Å². The van der Waals surface area contributed by atoms with Crippen LogP contribution in [-0.4, -0.2) is 51.9 Å². The van der Waals surface area contributed by atoms with Crippen molar-refractivity contribution >= 4 is 53.5 Å². The lowest BCUT2D eigenvalue weighted by molar-refractivity contribution is 0.477. The Bertz CT molecular complexity index is 821. The molecule has 0 atom stereocenters. The molecule has 0 bridgehead atoms. The lowest BCUT2D eigenvalue weighted by atomic mass is 10.2. The molecule has 31 heavy (non-hydrogen) atoms. The summed E-state index contributed by atoms with van der Waals surface area (Å²) in [5.74, 6) is 2.53. The second-order valence-corrected chi connectivity index (χ2v) is 10.5. The number of aromatic nitrogens is 3. The number of thioether (sulfide) groups is 2. The van der Waals surface area contributed by atoms with Crippen LogP contribution in [0.5, 0.6) is 0 Å². The van der Waals surface area contributed by atoms with Gasteiger partial charge in [0.05, 0.1) is 0 Å². The molecule has 1 aromatic heterocycles. The lowest BCUT2D eigenvalue weighted by Gasteiger charge is -2.18. The first kappa shape index (κ1) is 26.3. The summed E-state index contributed by atoms with van der Waals surface area (Å²) >= 11 is 3.64. The van der Waals surface area contributed by atoms with E-state index < -0.39 is 0 Å². The second-order valence-electron chi connectivity index (χ2n) is 8.16. The van der Waals surface area contributed by atoms with Crippen molar-refractivity contribution in [3.63, 3.8) is 0 Å². The van der Waals surface area contributed by atoms with E-state index in [0.717, 1.165) is 49.4 Å². The molecule has 0 aliphatic heterocycles. The molecule has 3 rings (SSSR count). The maximum atomic E-state index is 4.41. The van der Waals surface area contributed by atoms with E-state index in [0.29, 0.717) is 10.7 Å². The third-order valence-electron chi connectivity index (χ3n) is 5.08. The molecule has 0 unspecified atom stereocenters. The average molecular weight is 575 g/mol.